The highest BCUT2D eigenvalue weighted by molar-refractivity contribution is 5.71. The molecule has 0 unspecified atom stereocenters. The third kappa shape index (κ3) is 4.25. The molecule has 2 saturated carbocycles. The standard InChI is InChI=1S/C33H50O4/c1-20(2)21(3)10-11-23(29(35)36)24-14-18-33(9)26-12-13-27-30(5,6)28(37-22(4)34)16-17-31(27,7)25(26)15-19-32(24,33)8/h12,15,20,23-24,27-28H,3,10-11,13-14,16-19H2,1-2,4-9H3,(H,35,36)/t23-,24-,27-,28+,31+,32+,33+/m0/s1. The number of carbonyl (C=O) groups is 2. The average Bonchev–Trinajstić information content (AvgIpc) is 3.07. The third-order valence-corrected chi connectivity index (χ3v) is 11.9. The zero-order chi connectivity index (χ0) is 27.6. The Bertz CT molecular complexity index is 1030. The molecule has 4 nitrogen and oxygen atoms in total. The molecule has 0 aromatic rings. The number of ether oxygens (including phenoxy) is 1. The molecule has 0 saturated heterocycles. The number of rotatable bonds is 7. The van der Waals surface area contributed by atoms with E-state index in [-0.39, 0.29) is 45.6 Å². The number of carbonyl (C=O) groups excluding carboxylic acids is 1. The van der Waals surface area contributed by atoms with E-state index in [9.17, 15) is 14.7 Å². The molecule has 0 aromatic heterocycles. The second kappa shape index (κ2) is 9.42. The summed E-state index contributed by atoms with van der Waals surface area (Å²) in [4.78, 5) is 24.4. The first-order valence-corrected chi connectivity index (χ1v) is 14.6. The van der Waals surface area contributed by atoms with Crippen LogP contribution in [0.3, 0.4) is 0 Å². The topological polar surface area (TPSA) is 63.6 Å². The number of aliphatic carboxylic acids is 1. The smallest absolute Gasteiger partial charge is 0.306 e. The Labute approximate surface area is 225 Å². The predicted octanol–water partition coefficient (Wildman–Crippen LogP) is 8.14. The second-order valence-corrected chi connectivity index (χ2v) is 14.3. The van der Waals surface area contributed by atoms with Gasteiger partial charge in [-0.2, -0.15) is 0 Å². The molecule has 0 spiro atoms. The minimum Gasteiger partial charge on any atom is -0.481 e. The first-order chi connectivity index (χ1) is 17.1. The van der Waals surface area contributed by atoms with E-state index in [1.807, 2.05) is 0 Å². The van der Waals surface area contributed by atoms with E-state index >= 15 is 0 Å². The molecule has 0 aromatic carbocycles. The third-order valence-electron chi connectivity index (χ3n) is 11.9. The predicted molar refractivity (Wildman–Crippen MR) is 149 cm³/mol. The first kappa shape index (κ1) is 28.2. The van der Waals surface area contributed by atoms with Gasteiger partial charge in [0, 0.05) is 12.3 Å². The summed E-state index contributed by atoms with van der Waals surface area (Å²) in [6.07, 6.45) is 12.3. The molecule has 0 aliphatic heterocycles. The van der Waals surface area contributed by atoms with Gasteiger partial charge in [0.2, 0.25) is 0 Å². The van der Waals surface area contributed by atoms with Crippen molar-refractivity contribution < 1.29 is 19.4 Å². The molecule has 7 atom stereocenters. The Morgan fingerprint density at radius 1 is 1.08 bits per heavy atom. The quantitative estimate of drug-likeness (QED) is 0.277. The number of esters is 1. The Morgan fingerprint density at radius 2 is 1.76 bits per heavy atom. The van der Waals surface area contributed by atoms with Crippen molar-refractivity contribution in [2.45, 2.75) is 113 Å². The van der Waals surface area contributed by atoms with Crippen LogP contribution in [-0.4, -0.2) is 23.1 Å². The number of carboxylic acid groups (broad SMARTS) is 1. The Hall–Kier alpha value is -1.84. The monoisotopic (exact) mass is 510 g/mol. The van der Waals surface area contributed by atoms with Crippen LogP contribution in [0.5, 0.6) is 0 Å². The van der Waals surface area contributed by atoms with Crippen LogP contribution < -0.4 is 0 Å². The van der Waals surface area contributed by atoms with Crippen molar-refractivity contribution in [2.75, 3.05) is 0 Å². The van der Waals surface area contributed by atoms with Crippen LogP contribution >= 0.6 is 0 Å². The summed E-state index contributed by atoms with van der Waals surface area (Å²) in [5, 5.41) is 10.4. The summed E-state index contributed by atoms with van der Waals surface area (Å²) in [5.74, 6) is -0.196. The maximum absolute atomic E-state index is 12.6. The minimum absolute atomic E-state index is 0.0185. The highest BCUT2D eigenvalue weighted by Gasteiger charge is 2.64. The lowest BCUT2D eigenvalue weighted by molar-refractivity contribution is -0.165. The normalized spacial score (nSPS) is 39.0. The number of hydrogen-bond donors (Lipinski definition) is 1. The van der Waals surface area contributed by atoms with Gasteiger partial charge in [-0.15, -0.1) is 0 Å². The van der Waals surface area contributed by atoms with Gasteiger partial charge in [-0.3, -0.25) is 9.59 Å². The summed E-state index contributed by atoms with van der Waals surface area (Å²) in [6, 6.07) is 0. The van der Waals surface area contributed by atoms with Gasteiger partial charge in [0.1, 0.15) is 6.10 Å². The molecule has 0 radical (unpaired) electrons. The van der Waals surface area contributed by atoms with Gasteiger partial charge in [-0.25, -0.2) is 0 Å². The van der Waals surface area contributed by atoms with E-state index in [1.165, 1.54) is 18.1 Å². The van der Waals surface area contributed by atoms with Gasteiger partial charge < -0.3 is 9.84 Å². The molecule has 0 amide bonds. The lowest BCUT2D eigenvalue weighted by Gasteiger charge is -2.61. The highest BCUT2D eigenvalue weighted by atomic mass is 16.5. The molecule has 1 N–H and O–H groups in total. The minimum atomic E-state index is -0.642. The van der Waals surface area contributed by atoms with Crippen LogP contribution in [0.15, 0.2) is 35.5 Å². The molecule has 2 fully saturated rings. The van der Waals surface area contributed by atoms with Crippen LogP contribution in [0.25, 0.3) is 0 Å². The Morgan fingerprint density at radius 3 is 2.35 bits per heavy atom. The molecular formula is C33H50O4. The van der Waals surface area contributed by atoms with Gasteiger partial charge in [-0.05, 0) is 96.5 Å². The van der Waals surface area contributed by atoms with Crippen molar-refractivity contribution >= 4 is 11.9 Å². The Kier molecular flexibility index (Phi) is 7.17. The lowest BCUT2D eigenvalue weighted by Crippen LogP contribution is -2.55. The summed E-state index contributed by atoms with van der Waals surface area (Å²) < 4.78 is 5.82. The second-order valence-electron chi connectivity index (χ2n) is 14.3. The molecule has 4 aliphatic rings. The number of hydrogen-bond acceptors (Lipinski definition) is 3. The first-order valence-electron chi connectivity index (χ1n) is 14.6. The van der Waals surface area contributed by atoms with Gasteiger partial charge in [-0.1, -0.05) is 72.8 Å². The van der Waals surface area contributed by atoms with E-state index in [0.29, 0.717) is 18.3 Å². The van der Waals surface area contributed by atoms with Crippen LogP contribution in [-0.2, 0) is 14.3 Å². The number of carboxylic acids is 1. The Balaban J connectivity index is 1.66. The fraction of sp³-hybridized carbons (Fsp3) is 0.758. The zero-order valence-corrected chi connectivity index (χ0v) is 24.6. The fourth-order valence-electron chi connectivity index (χ4n) is 9.20. The fourth-order valence-corrected chi connectivity index (χ4v) is 9.20. The van der Waals surface area contributed by atoms with Gasteiger partial charge >= 0.3 is 11.9 Å². The van der Waals surface area contributed by atoms with Crippen molar-refractivity contribution in [1.82, 2.24) is 0 Å². The zero-order valence-electron chi connectivity index (χ0n) is 24.6. The SMILES string of the molecule is C=C(CC[C@H](C(=O)O)[C@@H]1CC[C@]2(C)C3=CC[C@H]4C(C)(C)[C@H](OC(C)=O)CC[C@]4(C)C3=CC[C@]12C)C(C)C. The van der Waals surface area contributed by atoms with E-state index in [2.05, 4.69) is 67.2 Å². The summed E-state index contributed by atoms with van der Waals surface area (Å²) >= 11 is 0. The highest BCUT2D eigenvalue weighted by Crippen LogP contribution is 2.72. The summed E-state index contributed by atoms with van der Waals surface area (Å²) in [6.45, 7) is 21.8. The molecule has 37 heavy (non-hydrogen) atoms. The maximum Gasteiger partial charge on any atom is 0.306 e. The molecular weight excluding hydrogens is 460 g/mol. The molecule has 4 heteroatoms. The molecule has 206 valence electrons. The van der Waals surface area contributed by atoms with E-state index in [1.54, 1.807) is 0 Å². The van der Waals surface area contributed by atoms with Crippen molar-refractivity contribution in [3.8, 4) is 0 Å². The van der Waals surface area contributed by atoms with Crippen LogP contribution in [0, 0.1) is 45.3 Å². The largest absolute Gasteiger partial charge is 0.481 e. The molecule has 4 rings (SSSR count). The maximum atomic E-state index is 12.6. The van der Waals surface area contributed by atoms with Crippen molar-refractivity contribution in [2.24, 2.45) is 45.3 Å². The van der Waals surface area contributed by atoms with Crippen molar-refractivity contribution in [3.05, 3.63) is 35.5 Å². The van der Waals surface area contributed by atoms with Gasteiger partial charge in [0.25, 0.3) is 0 Å². The van der Waals surface area contributed by atoms with E-state index < -0.39 is 5.97 Å². The lowest BCUT2D eigenvalue weighted by atomic mass is 9.44. The van der Waals surface area contributed by atoms with Gasteiger partial charge in [0.15, 0.2) is 0 Å². The van der Waals surface area contributed by atoms with Crippen LogP contribution in [0.4, 0.5) is 0 Å². The molecule has 0 heterocycles. The van der Waals surface area contributed by atoms with Crippen molar-refractivity contribution in [1.29, 1.82) is 0 Å². The number of fused-ring (bicyclic) bond motifs is 5. The summed E-state index contributed by atoms with van der Waals surface area (Å²) in [7, 11) is 0. The van der Waals surface area contributed by atoms with Crippen molar-refractivity contribution in [3.63, 3.8) is 0 Å². The summed E-state index contributed by atoms with van der Waals surface area (Å²) in [5.41, 5.74) is 4.00. The molecule has 4 aliphatic carbocycles. The van der Waals surface area contributed by atoms with Gasteiger partial charge in [0.05, 0.1) is 5.92 Å². The van der Waals surface area contributed by atoms with Crippen LogP contribution in [0.2, 0.25) is 0 Å². The van der Waals surface area contributed by atoms with E-state index in [0.717, 1.165) is 50.5 Å². The molecule has 0 bridgehead atoms. The average molecular weight is 511 g/mol. The van der Waals surface area contributed by atoms with E-state index in [4.69, 9.17) is 4.74 Å². The van der Waals surface area contributed by atoms with Crippen LogP contribution in [0.1, 0.15) is 107 Å². The number of allylic oxidation sites excluding steroid dienone is 5.